The van der Waals surface area contributed by atoms with Crippen LogP contribution in [0.1, 0.15) is 73.6 Å². The van der Waals surface area contributed by atoms with Crippen molar-refractivity contribution in [3.05, 3.63) is 248 Å². The molecule has 0 bridgehead atoms. The van der Waals surface area contributed by atoms with Crippen LogP contribution in [0.15, 0.2) is 225 Å². The first-order valence-electron chi connectivity index (χ1n) is 30.6. The summed E-state index contributed by atoms with van der Waals surface area (Å²) in [7, 11) is 1.77. The van der Waals surface area contributed by atoms with E-state index in [0.717, 1.165) is 29.2 Å². The molecule has 4 aromatic heterocycles. The normalized spacial score (nSPS) is 15.9. The molecule has 15 heteroatoms. The number of rotatable bonds is 9. The monoisotopic (exact) mass is 1230 g/mol. The van der Waals surface area contributed by atoms with Crippen molar-refractivity contribution < 1.29 is 23.9 Å². The second kappa shape index (κ2) is 30.2. The fraction of sp³-hybridized carbons (Fsp3) is 0.205. The average Bonchev–Trinajstić information content (AvgIpc) is 1.79. The highest BCUT2D eigenvalue weighted by Gasteiger charge is 2.42. The zero-order valence-corrected chi connectivity index (χ0v) is 52.2. The molecule has 4 fully saturated rings. The Morgan fingerprint density at radius 3 is 1.08 bits per heavy atom. The minimum atomic E-state index is -0.429. The molecular weight excluding hydrogens is 1160 g/mol. The van der Waals surface area contributed by atoms with Crippen molar-refractivity contribution in [1.29, 1.82) is 0 Å². The average molecular weight is 1230 g/mol. The van der Waals surface area contributed by atoms with Crippen LogP contribution in [-0.2, 0) is 9.53 Å². The zero-order chi connectivity index (χ0) is 65.3. The van der Waals surface area contributed by atoms with E-state index in [0.29, 0.717) is 51.4 Å². The number of aromatic nitrogens is 4. The third kappa shape index (κ3) is 16.5. The summed E-state index contributed by atoms with van der Waals surface area (Å²) in [6.07, 6.45) is 29.9. The van der Waals surface area contributed by atoms with Gasteiger partial charge in [-0.1, -0.05) is 139 Å². The Morgan fingerprint density at radius 1 is 0.419 bits per heavy atom. The maximum absolute atomic E-state index is 12.6. The Kier molecular flexibility index (Phi) is 20.8. The molecule has 0 N–H and O–H groups in total. The van der Waals surface area contributed by atoms with E-state index in [1.807, 2.05) is 105 Å². The summed E-state index contributed by atoms with van der Waals surface area (Å²) >= 11 is 0. The highest BCUT2D eigenvalue weighted by atomic mass is 16.6. The molecule has 93 heavy (non-hydrogen) atoms. The van der Waals surface area contributed by atoms with Gasteiger partial charge in [0.25, 0.3) is 0 Å². The van der Waals surface area contributed by atoms with E-state index in [9.17, 15) is 19.2 Å². The number of pyridine rings is 4. The number of hydrogen-bond donors (Lipinski definition) is 0. The Morgan fingerprint density at radius 2 is 0.785 bits per heavy atom. The van der Waals surface area contributed by atoms with Gasteiger partial charge < -0.3 is 24.3 Å². The van der Waals surface area contributed by atoms with Crippen LogP contribution >= 0.6 is 0 Å². The van der Waals surface area contributed by atoms with Crippen LogP contribution in [0.3, 0.4) is 0 Å². The fourth-order valence-corrected chi connectivity index (χ4v) is 10.8. The summed E-state index contributed by atoms with van der Waals surface area (Å²) in [5, 5.41) is 0. The Balaban J connectivity index is 0.000000121. The van der Waals surface area contributed by atoms with Crippen LogP contribution in [0.25, 0.3) is 44.5 Å². The maximum Gasteiger partial charge on any atom is 0.411 e. The summed E-state index contributed by atoms with van der Waals surface area (Å²) < 4.78 is 4.83. The maximum atomic E-state index is 12.6. The van der Waals surface area contributed by atoms with E-state index < -0.39 is 12.1 Å². The number of likely N-dealkylation sites (tertiary alicyclic amines) is 1. The highest BCUT2D eigenvalue weighted by Crippen LogP contribution is 2.38. The molecule has 15 nitrogen and oxygen atoms in total. The van der Waals surface area contributed by atoms with Crippen molar-refractivity contribution in [2.24, 2.45) is 0 Å². The van der Waals surface area contributed by atoms with Gasteiger partial charge in [0.15, 0.2) is 0 Å². The molecule has 4 saturated heterocycles. The molecule has 8 aliphatic carbocycles. The lowest BCUT2D eigenvalue weighted by Gasteiger charge is -2.35. The third-order valence-electron chi connectivity index (χ3n) is 16.2. The minimum absolute atomic E-state index is 0.0337. The number of ether oxygens (including phenoxy) is 1. The number of nitrogens with zero attached hydrogens (tertiary/aromatic N) is 10. The number of anilines is 1. The molecule has 1 aromatic carbocycles. The Labute approximate surface area is 544 Å². The van der Waals surface area contributed by atoms with Crippen LogP contribution in [0, 0.1) is 49.4 Å². The van der Waals surface area contributed by atoms with Gasteiger partial charge in [0.2, 0.25) is 5.91 Å². The van der Waals surface area contributed by atoms with Crippen LogP contribution in [0.2, 0.25) is 0 Å². The number of terminal acetylenes is 4. The number of amides is 6. The lowest BCUT2D eigenvalue weighted by molar-refractivity contribution is -0.132. The van der Waals surface area contributed by atoms with Crippen LogP contribution in [-0.4, -0.2) is 120 Å². The first-order chi connectivity index (χ1) is 45.3. The second-order valence-electron chi connectivity index (χ2n) is 22.9. The van der Waals surface area contributed by atoms with Crippen molar-refractivity contribution in [2.75, 3.05) is 51.3 Å². The second-order valence-corrected chi connectivity index (χ2v) is 22.9. The van der Waals surface area contributed by atoms with E-state index >= 15 is 0 Å². The SMILES string of the molecule is C#CC(c1ccccn1)N1C(=O)CCC1(C)C.C#CC(c1ccccn1)N1CCN(C)C1=O.C#CC(c1ccccn1)N1CCN(c2ccccc2)C1=O.C#CC(c1ccccn1)N1CCOC1=O.c1cc2cc-2c1.c1cc2cc-2c1.c1cc2cc-2c1.c1cc2cc-2c1. The van der Waals surface area contributed by atoms with Crippen LogP contribution in [0.5, 0.6) is 0 Å². The molecule has 462 valence electrons. The quantitative estimate of drug-likeness (QED) is 0.129. The van der Waals surface area contributed by atoms with Gasteiger partial charge in [-0.2, -0.15) is 0 Å². The number of fused-ring (bicyclic) bond motifs is 4. The van der Waals surface area contributed by atoms with Crippen molar-refractivity contribution in [2.45, 2.75) is 56.4 Å². The number of carbonyl (C=O) groups is 4. The largest absolute Gasteiger partial charge is 0.447 e. The first-order valence-corrected chi connectivity index (χ1v) is 30.6. The number of para-hydroxylation sites is 1. The summed E-state index contributed by atoms with van der Waals surface area (Å²) in [4.78, 5) is 74.6. The molecule has 17 rings (SSSR count). The molecule has 4 atom stereocenters. The summed E-state index contributed by atoms with van der Waals surface area (Å²) in [6, 6.07) is 64.0. The highest BCUT2D eigenvalue weighted by molar-refractivity contribution is 5.94. The molecular formula is C78H70N10O5. The van der Waals surface area contributed by atoms with Gasteiger partial charge in [-0.3, -0.25) is 34.5 Å². The predicted octanol–water partition coefficient (Wildman–Crippen LogP) is 13.9. The molecule has 0 radical (unpaired) electrons. The first kappa shape index (κ1) is 64.2. The van der Waals surface area contributed by atoms with Crippen molar-refractivity contribution in [3.63, 3.8) is 0 Å². The van der Waals surface area contributed by atoms with E-state index in [1.165, 1.54) is 49.4 Å². The molecule has 8 heterocycles. The number of hydrogen-bond acceptors (Lipinski definition) is 9. The molecule has 6 amide bonds. The topological polar surface area (TPSA) is 149 Å². The van der Waals surface area contributed by atoms with Gasteiger partial charge in [0.1, 0.15) is 30.8 Å². The molecule has 12 aliphatic rings. The van der Waals surface area contributed by atoms with E-state index in [1.54, 1.807) is 68.5 Å². The van der Waals surface area contributed by atoms with Gasteiger partial charge in [0, 0.05) is 75.7 Å². The Bertz CT molecular complexity index is 4000. The fourth-order valence-electron chi connectivity index (χ4n) is 10.8. The molecule has 0 spiro atoms. The molecule has 4 unspecified atom stereocenters. The zero-order valence-electron chi connectivity index (χ0n) is 52.2. The molecule has 4 aliphatic heterocycles. The van der Waals surface area contributed by atoms with Gasteiger partial charge in [0.05, 0.1) is 29.3 Å². The summed E-state index contributed by atoms with van der Waals surface area (Å²) in [5.74, 6) is 10.7. The van der Waals surface area contributed by atoms with E-state index in [2.05, 4.69) is 141 Å². The van der Waals surface area contributed by atoms with Crippen LogP contribution < -0.4 is 4.90 Å². The van der Waals surface area contributed by atoms with Crippen molar-refractivity contribution in [1.82, 2.24) is 44.4 Å². The number of benzene rings is 5. The van der Waals surface area contributed by atoms with Crippen LogP contribution in [0.4, 0.5) is 20.1 Å². The number of cyclic esters (lactones) is 1. The van der Waals surface area contributed by atoms with Crippen molar-refractivity contribution in [3.8, 4) is 93.9 Å². The molecule has 5 aromatic rings. The van der Waals surface area contributed by atoms with Gasteiger partial charge >= 0.3 is 18.2 Å². The number of urea groups is 2. The van der Waals surface area contributed by atoms with Gasteiger partial charge in [-0.25, -0.2) is 14.4 Å². The number of carbonyl (C=O) groups excluding carboxylic acids is 4. The number of likely N-dealkylation sites (N-methyl/N-ethyl adjacent to an activating group) is 1. The lowest BCUT2D eigenvalue weighted by atomic mass is 9.99. The summed E-state index contributed by atoms with van der Waals surface area (Å²) in [6.45, 7) is 7.60. The minimum Gasteiger partial charge on any atom is -0.447 e. The van der Waals surface area contributed by atoms with E-state index in [-0.39, 0.29) is 41.7 Å². The van der Waals surface area contributed by atoms with Gasteiger partial charge in [-0.05, 0) is 150 Å². The molecule has 0 saturated carbocycles. The third-order valence-corrected chi connectivity index (χ3v) is 16.2. The van der Waals surface area contributed by atoms with Gasteiger partial charge in [-0.15, -0.1) is 25.7 Å². The van der Waals surface area contributed by atoms with E-state index in [4.69, 9.17) is 30.4 Å². The van der Waals surface area contributed by atoms with Crippen molar-refractivity contribution >= 4 is 29.8 Å². The summed E-state index contributed by atoms with van der Waals surface area (Å²) in [5.41, 5.74) is 15.0. The standard InChI is InChI=1S/C17H15N3O.C14H16N2O.C12H13N3O.C11H10N2O2.4C6H4/c1-2-16(15-10-6-7-11-18-15)20-13-12-19(17(20)21)14-8-4-3-5-9-14;1-4-12(11-7-5-6-10-15-11)16-13(17)8-9-14(16,2)3;1-3-11(10-6-4-5-7-13-10)15-9-8-14(2)12(15)16;1-2-10(9-5-3-4-6-12-9)13-7-8-15-11(13)14;4*1-2-5-4-6(5)3-1/h1,3-11,16H,12-13H2;1,5-7,10,12H,8-9H2,2-3H3;1,4-7,11H,8-9H2,2H3;1,3-6,10H,7-8H2;4*1-4H. The lowest BCUT2D eigenvalue weighted by Crippen LogP contribution is -2.43. The Hall–Kier alpha value is -11.8. The predicted molar refractivity (Wildman–Crippen MR) is 364 cm³/mol. The smallest absolute Gasteiger partial charge is 0.411 e.